The number of hydrogen-bond donors (Lipinski definition) is 1. The van der Waals surface area contributed by atoms with Gasteiger partial charge in [-0.1, -0.05) is 41.9 Å². The first kappa shape index (κ1) is 15.9. The summed E-state index contributed by atoms with van der Waals surface area (Å²) in [5, 5.41) is 3.66. The highest BCUT2D eigenvalue weighted by atomic mass is 35.5. The molecule has 120 valence electrons. The molecule has 0 heterocycles. The second-order valence-corrected chi connectivity index (χ2v) is 6.56. The first-order valence-electron chi connectivity index (χ1n) is 7.80. The quantitative estimate of drug-likeness (QED) is 0.873. The van der Waals surface area contributed by atoms with Crippen LogP contribution in [0.2, 0.25) is 5.02 Å². The number of carbonyl (C=O) groups is 1. The van der Waals surface area contributed by atoms with E-state index >= 15 is 0 Å². The minimum absolute atomic E-state index is 0.0212. The Kier molecular flexibility index (Phi) is 4.58. The van der Waals surface area contributed by atoms with Gasteiger partial charge in [-0.15, -0.1) is 0 Å². The zero-order valence-electron chi connectivity index (χ0n) is 13.1. The number of ether oxygens (including phenoxy) is 1. The van der Waals surface area contributed by atoms with Crippen LogP contribution in [0.1, 0.15) is 24.0 Å². The van der Waals surface area contributed by atoms with Crippen molar-refractivity contribution in [2.45, 2.75) is 25.2 Å². The van der Waals surface area contributed by atoms with E-state index in [2.05, 4.69) is 17.4 Å². The molecule has 0 saturated heterocycles. The first-order chi connectivity index (χ1) is 11.1. The standard InChI is InChI=1S/C19H20ClNO2/c1-14-11-16(20)7-8-17(14)23-12-18(22)21-13-19(9-10-19)15-5-3-2-4-6-15/h2-8,11H,9-10,12-13H2,1H3,(H,21,22). The van der Waals surface area contributed by atoms with Crippen LogP contribution >= 0.6 is 11.6 Å². The third kappa shape index (κ3) is 3.85. The summed E-state index contributed by atoms with van der Waals surface area (Å²) >= 11 is 5.91. The van der Waals surface area contributed by atoms with E-state index in [1.807, 2.05) is 31.2 Å². The summed E-state index contributed by atoms with van der Waals surface area (Å²) in [4.78, 5) is 12.0. The molecule has 0 atom stereocenters. The van der Waals surface area contributed by atoms with Gasteiger partial charge in [0.1, 0.15) is 5.75 Å². The van der Waals surface area contributed by atoms with Crippen LogP contribution in [0.15, 0.2) is 48.5 Å². The van der Waals surface area contributed by atoms with Gasteiger partial charge in [0.2, 0.25) is 0 Å². The van der Waals surface area contributed by atoms with E-state index in [4.69, 9.17) is 16.3 Å². The molecule has 1 fully saturated rings. The SMILES string of the molecule is Cc1cc(Cl)ccc1OCC(=O)NCC1(c2ccccc2)CC1. The Morgan fingerprint density at radius 3 is 2.61 bits per heavy atom. The van der Waals surface area contributed by atoms with Crippen LogP contribution in [0.3, 0.4) is 0 Å². The third-order valence-electron chi connectivity index (χ3n) is 4.36. The zero-order chi connectivity index (χ0) is 16.3. The highest BCUT2D eigenvalue weighted by Gasteiger charge is 2.44. The molecule has 0 spiro atoms. The van der Waals surface area contributed by atoms with Crippen LogP contribution in [-0.2, 0) is 10.2 Å². The van der Waals surface area contributed by atoms with Crippen molar-refractivity contribution in [1.82, 2.24) is 5.32 Å². The molecule has 3 nitrogen and oxygen atoms in total. The lowest BCUT2D eigenvalue weighted by atomic mass is 9.96. The lowest BCUT2D eigenvalue weighted by Gasteiger charge is -2.17. The molecule has 3 rings (SSSR count). The number of benzene rings is 2. The minimum atomic E-state index is -0.0958. The Hall–Kier alpha value is -2.00. The van der Waals surface area contributed by atoms with Crippen LogP contribution in [-0.4, -0.2) is 19.1 Å². The second kappa shape index (κ2) is 6.63. The van der Waals surface area contributed by atoms with E-state index in [0.29, 0.717) is 17.3 Å². The fourth-order valence-corrected chi connectivity index (χ4v) is 2.97. The highest BCUT2D eigenvalue weighted by molar-refractivity contribution is 6.30. The molecule has 2 aromatic carbocycles. The molecule has 1 N–H and O–H groups in total. The van der Waals surface area contributed by atoms with E-state index in [0.717, 1.165) is 18.4 Å². The van der Waals surface area contributed by atoms with Crippen molar-refractivity contribution >= 4 is 17.5 Å². The summed E-state index contributed by atoms with van der Waals surface area (Å²) in [5.41, 5.74) is 2.34. The molecule has 1 aliphatic carbocycles. The second-order valence-electron chi connectivity index (χ2n) is 6.12. The van der Waals surface area contributed by atoms with Crippen molar-refractivity contribution in [2.24, 2.45) is 0 Å². The van der Waals surface area contributed by atoms with E-state index in [1.54, 1.807) is 12.1 Å². The van der Waals surface area contributed by atoms with Crippen molar-refractivity contribution in [3.05, 3.63) is 64.7 Å². The van der Waals surface area contributed by atoms with Crippen molar-refractivity contribution in [1.29, 1.82) is 0 Å². The average molecular weight is 330 g/mol. The maximum atomic E-state index is 12.0. The summed E-state index contributed by atoms with van der Waals surface area (Å²) < 4.78 is 5.57. The van der Waals surface area contributed by atoms with Crippen LogP contribution < -0.4 is 10.1 Å². The van der Waals surface area contributed by atoms with Crippen molar-refractivity contribution in [3.63, 3.8) is 0 Å². The Balaban J connectivity index is 1.50. The molecule has 0 unspecified atom stereocenters. The molecule has 2 aromatic rings. The number of rotatable bonds is 6. The maximum Gasteiger partial charge on any atom is 0.257 e. The molecular formula is C19H20ClNO2. The number of nitrogens with one attached hydrogen (secondary N) is 1. The fraction of sp³-hybridized carbons (Fsp3) is 0.316. The molecule has 1 saturated carbocycles. The normalized spacial score (nSPS) is 15.0. The predicted octanol–water partition coefficient (Wildman–Crippen LogP) is 3.88. The zero-order valence-corrected chi connectivity index (χ0v) is 13.9. The molecule has 1 amide bonds. The Morgan fingerprint density at radius 1 is 1.22 bits per heavy atom. The smallest absolute Gasteiger partial charge is 0.257 e. The number of aryl methyl sites for hydroxylation is 1. The average Bonchev–Trinajstić information content (AvgIpc) is 3.34. The van der Waals surface area contributed by atoms with Gasteiger partial charge in [0.15, 0.2) is 6.61 Å². The van der Waals surface area contributed by atoms with E-state index < -0.39 is 0 Å². The van der Waals surface area contributed by atoms with E-state index in [-0.39, 0.29) is 17.9 Å². The third-order valence-corrected chi connectivity index (χ3v) is 4.59. The Bertz CT molecular complexity index is 696. The molecule has 0 bridgehead atoms. The predicted molar refractivity (Wildman–Crippen MR) is 92.0 cm³/mol. The van der Waals surface area contributed by atoms with Crippen LogP contribution in [0.25, 0.3) is 0 Å². The van der Waals surface area contributed by atoms with Crippen molar-refractivity contribution in [2.75, 3.05) is 13.2 Å². The number of carbonyl (C=O) groups excluding carboxylic acids is 1. The maximum absolute atomic E-state index is 12.0. The summed E-state index contributed by atoms with van der Waals surface area (Å²) in [6.45, 7) is 2.60. The van der Waals surface area contributed by atoms with Crippen LogP contribution in [0.5, 0.6) is 5.75 Å². The van der Waals surface area contributed by atoms with Crippen molar-refractivity contribution in [3.8, 4) is 5.75 Å². The Morgan fingerprint density at radius 2 is 1.96 bits per heavy atom. The Labute approximate surface area is 141 Å². The monoisotopic (exact) mass is 329 g/mol. The van der Waals surface area contributed by atoms with Gasteiger partial charge in [-0.05, 0) is 49.1 Å². The largest absolute Gasteiger partial charge is 0.484 e. The van der Waals surface area contributed by atoms with Gasteiger partial charge >= 0.3 is 0 Å². The van der Waals surface area contributed by atoms with Crippen molar-refractivity contribution < 1.29 is 9.53 Å². The summed E-state index contributed by atoms with van der Waals surface area (Å²) in [6, 6.07) is 15.7. The van der Waals surface area contributed by atoms with Gasteiger partial charge in [0.25, 0.3) is 5.91 Å². The topological polar surface area (TPSA) is 38.3 Å². The number of halogens is 1. The molecule has 0 aliphatic heterocycles. The molecule has 4 heteroatoms. The van der Waals surface area contributed by atoms with Gasteiger partial charge < -0.3 is 10.1 Å². The molecule has 0 aromatic heterocycles. The van der Waals surface area contributed by atoms with Crippen LogP contribution in [0.4, 0.5) is 0 Å². The summed E-state index contributed by atoms with van der Waals surface area (Å²) in [6.07, 6.45) is 2.24. The summed E-state index contributed by atoms with van der Waals surface area (Å²) in [5.74, 6) is 0.593. The van der Waals surface area contributed by atoms with Crippen LogP contribution in [0, 0.1) is 6.92 Å². The lowest BCUT2D eigenvalue weighted by Crippen LogP contribution is -2.35. The lowest BCUT2D eigenvalue weighted by molar-refractivity contribution is -0.123. The molecule has 23 heavy (non-hydrogen) atoms. The summed E-state index contributed by atoms with van der Waals surface area (Å²) in [7, 11) is 0. The minimum Gasteiger partial charge on any atom is -0.484 e. The van der Waals surface area contributed by atoms with E-state index in [1.165, 1.54) is 5.56 Å². The number of amides is 1. The first-order valence-corrected chi connectivity index (χ1v) is 8.18. The van der Waals surface area contributed by atoms with Gasteiger partial charge in [-0.2, -0.15) is 0 Å². The number of hydrogen-bond acceptors (Lipinski definition) is 2. The highest BCUT2D eigenvalue weighted by Crippen LogP contribution is 2.47. The van der Waals surface area contributed by atoms with Gasteiger partial charge in [0, 0.05) is 17.0 Å². The van der Waals surface area contributed by atoms with E-state index in [9.17, 15) is 4.79 Å². The van der Waals surface area contributed by atoms with Gasteiger partial charge in [-0.25, -0.2) is 0 Å². The molecular weight excluding hydrogens is 310 g/mol. The molecule has 1 aliphatic rings. The molecule has 0 radical (unpaired) electrons. The van der Waals surface area contributed by atoms with Gasteiger partial charge in [-0.3, -0.25) is 4.79 Å². The van der Waals surface area contributed by atoms with Gasteiger partial charge in [0.05, 0.1) is 0 Å². The fourth-order valence-electron chi connectivity index (χ4n) is 2.75.